The van der Waals surface area contributed by atoms with E-state index in [1.165, 1.54) is 23.7 Å². The van der Waals surface area contributed by atoms with Gasteiger partial charge in [-0.15, -0.1) is 0 Å². The summed E-state index contributed by atoms with van der Waals surface area (Å²) in [5.41, 5.74) is 2.16. The van der Waals surface area contributed by atoms with Gasteiger partial charge >= 0.3 is 5.92 Å². The van der Waals surface area contributed by atoms with E-state index >= 15 is 0 Å². The Morgan fingerprint density at radius 3 is 2.56 bits per heavy atom. The Hall–Kier alpha value is -3.01. The van der Waals surface area contributed by atoms with E-state index in [-0.39, 0.29) is 23.5 Å². The largest absolute Gasteiger partial charge is 0.495 e. The van der Waals surface area contributed by atoms with Gasteiger partial charge in [0.2, 0.25) is 5.95 Å². The number of likely N-dealkylation sites (tertiary alicyclic amines) is 1. The number of rotatable bonds is 5. The SMILES string of the molecule is COc1ccc(C2CCN(C)CC2)cc1Nc1ncc2c(n1)N(C(C)C)CC(F)(F)C(=O)N2C. The number of nitrogens with zero attached hydrogens (tertiary/aromatic N) is 5. The minimum atomic E-state index is -3.53. The maximum Gasteiger partial charge on any atom is 0.342 e. The number of aromatic nitrogens is 2. The van der Waals surface area contributed by atoms with E-state index in [0.29, 0.717) is 17.4 Å². The molecule has 0 unspecified atom stereocenters. The summed E-state index contributed by atoms with van der Waals surface area (Å²) in [6.07, 6.45) is 3.57. The Morgan fingerprint density at radius 2 is 1.91 bits per heavy atom. The van der Waals surface area contributed by atoms with Crippen LogP contribution in [0.5, 0.6) is 5.75 Å². The lowest BCUT2D eigenvalue weighted by Crippen LogP contribution is -2.47. The molecule has 1 fully saturated rings. The summed E-state index contributed by atoms with van der Waals surface area (Å²) in [6.45, 7) is 4.94. The maximum absolute atomic E-state index is 14.6. The summed E-state index contributed by atoms with van der Waals surface area (Å²) < 4.78 is 34.7. The van der Waals surface area contributed by atoms with Gasteiger partial charge in [-0.25, -0.2) is 4.98 Å². The second-order valence-corrected chi connectivity index (χ2v) is 9.35. The lowest BCUT2D eigenvalue weighted by molar-refractivity contribution is -0.140. The standard InChI is InChI=1S/C24H32F2N6O2/c1-15(2)32-14-24(25,26)22(33)31(4)19-13-27-23(29-21(19)32)28-18-12-17(6-7-20(18)34-5)16-8-10-30(3)11-9-16/h6-7,12-13,15-16H,8-11,14H2,1-5H3,(H,27,28,29). The molecule has 34 heavy (non-hydrogen) atoms. The third-order valence-electron chi connectivity index (χ3n) is 6.65. The average molecular weight is 475 g/mol. The van der Waals surface area contributed by atoms with Crippen LogP contribution in [-0.4, -0.2) is 73.6 Å². The van der Waals surface area contributed by atoms with Gasteiger partial charge in [-0.05, 0) is 70.4 Å². The van der Waals surface area contributed by atoms with Crippen molar-refractivity contribution in [1.29, 1.82) is 0 Å². The van der Waals surface area contributed by atoms with Crippen molar-refractivity contribution in [2.75, 3.05) is 56.0 Å². The highest BCUT2D eigenvalue weighted by Gasteiger charge is 2.47. The summed E-state index contributed by atoms with van der Waals surface area (Å²) >= 11 is 0. The zero-order valence-corrected chi connectivity index (χ0v) is 20.3. The molecule has 1 N–H and O–H groups in total. The molecule has 1 aromatic heterocycles. The number of nitrogens with one attached hydrogen (secondary N) is 1. The van der Waals surface area contributed by atoms with Gasteiger partial charge in [0, 0.05) is 13.1 Å². The zero-order valence-electron chi connectivity index (χ0n) is 20.3. The number of methoxy groups -OCH3 is 1. The van der Waals surface area contributed by atoms with Crippen LogP contribution >= 0.6 is 0 Å². The second kappa shape index (κ2) is 9.32. The van der Waals surface area contributed by atoms with Gasteiger partial charge < -0.3 is 24.8 Å². The van der Waals surface area contributed by atoms with Crippen molar-refractivity contribution in [3.8, 4) is 5.75 Å². The Morgan fingerprint density at radius 1 is 1.21 bits per heavy atom. The minimum absolute atomic E-state index is 0.244. The molecule has 184 valence electrons. The number of alkyl halides is 2. The van der Waals surface area contributed by atoms with Crippen LogP contribution in [0.2, 0.25) is 0 Å². The number of amides is 1. The van der Waals surface area contributed by atoms with E-state index in [4.69, 9.17) is 4.74 Å². The van der Waals surface area contributed by atoms with Crippen LogP contribution in [-0.2, 0) is 4.79 Å². The number of carbonyl (C=O) groups is 1. The molecule has 10 heteroatoms. The quantitative estimate of drug-likeness (QED) is 0.705. The monoisotopic (exact) mass is 474 g/mol. The fraction of sp³-hybridized carbons (Fsp3) is 0.542. The van der Waals surface area contributed by atoms with Crippen molar-refractivity contribution in [2.45, 2.75) is 44.6 Å². The maximum atomic E-state index is 14.6. The van der Waals surface area contributed by atoms with Crippen molar-refractivity contribution in [3.05, 3.63) is 30.0 Å². The Bertz CT molecular complexity index is 1060. The van der Waals surface area contributed by atoms with E-state index in [1.807, 2.05) is 12.1 Å². The molecule has 1 saturated heterocycles. The predicted octanol–water partition coefficient (Wildman–Crippen LogP) is 3.86. The van der Waals surface area contributed by atoms with Crippen LogP contribution < -0.4 is 19.9 Å². The van der Waals surface area contributed by atoms with Gasteiger partial charge in [-0.1, -0.05) is 6.07 Å². The normalized spacial score (nSPS) is 19.2. The molecule has 3 heterocycles. The second-order valence-electron chi connectivity index (χ2n) is 9.35. The summed E-state index contributed by atoms with van der Waals surface area (Å²) in [4.78, 5) is 25.9. The first-order valence-electron chi connectivity index (χ1n) is 11.5. The van der Waals surface area contributed by atoms with Crippen LogP contribution in [0.3, 0.4) is 0 Å². The molecule has 0 radical (unpaired) electrons. The third kappa shape index (κ3) is 4.64. The molecule has 0 bridgehead atoms. The molecule has 0 saturated carbocycles. The van der Waals surface area contributed by atoms with Crippen molar-refractivity contribution in [2.24, 2.45) is 0 Å². The Kier molecular flexibility index (Phi) is 6.62. The molecular weight excluding hydrogens is 442 g/mol. The summed E-state index contributed by atoms with van der Waals surface area (Å²) in [5, 5.41) is 3.21. The topological polar surface area (TPSA) is 73.8 Å². The summed E-state index contributed by atoms with van der Waals surface area (Å²) in [5.74, 6) is -3.18. The highest BCUT2D eigenvalue weighted by molar-refractivity contribution is 6.02. The highest BCUT2D eigenvalue weighted by Crippen LogP contribution is 2.38. The molecule has 8 nitrogen and oxygen atoms in total. The molecule has 4 rings (SSSR count). The third-order valence-corrected chi connectivity index (χ3v) is 6.65. The number of benzene rings is 1. The van der Waals surface area contributed by atoms with E-state index in [1.54, 1.807) is 21.0 Å². The first-order valence-corrected chi connectivity index (χ1v) is 11.5. The lowest BCUT2D eigenvalue weighted by Gasteiger charge is -2.30. The van der Waals surface area contributed by atoms with Gasteiger partial charge in [0.1, 0.15) is 11.4 Å². The average Bonchev–Trinajstić information content (AvgIpc) is 2.88. The molecule has 2 aromatic rings. The number of carbonyl (C=O) groups excluding carboxylic acids is 1. The summed E-state index contributed by atoms with van der Waals surface area (Å²) in [6, 6.07) is 5.76. The predicted molar refractivity (Wildman–Crippen MR) is 129 cm³/mol. The fourth-order valence-electron chi connectivity index (χ4n) is 4.55. The van der Waals surface area contributed by atoms with E-state index in [2.05, 4.69) is 33.3 Å². The molecule has 0 aliphatic carbocycles. The van der Waals surface area contributed by atoms with Crippen molar-refractivity contribution in [1.82, 2.24) is 14.9 Å². The van der Waals surface area contributed by atoms with E-state index < -0.39 is 18.4 Å². The number of hydrogen-bond donors (Lipinski definition) is 1. The van der Waals surface area contributed by atoms with E-state index in [9.17, 15) is 13.6 Å². The molecule has 1 amide bonds. The number of fused-ring (bicyclic) bond motifs is 1. The number of piperidine rings is 1. The molecule has 2 aliphatic rings. The van der Waals surface area contributed by atoms with Crippen LogP contribution in [0.1, 0.15) is 38.2 Å². The first-order chi connectivity index (χ1) is 16.1. The van der Waals surface area contributed by atoms with Crippen molar-refractivity contribution in [3.63, 3.8) is 0 Å². The highest BCUT2D eigenvalue weighted by atomic mass is 19.3. The molecule has 1 aromatic carbocycles. The zero-order chi connectivity index (χ0) is 24.6. The summed E-state index contributed by atoms with van der Waals surface area (Å²) in [7, 11) is 5.05. The smallest absolute Gasteiger partial charge is 0.342 e. The number of halogens is 2. The molecular formula is C24H32F2N6O2. The van der Waals surface area contributed by atoms with Gasteiger partial charge in [0.25, 0.3) is 5.91 Å². The number of anilines is 4. The van der Waals surface area contributed by atoms with Crippen molar-refractivity contribution >= 4 is 29.0 Å². The van der Waals surface area contributed by atoms with Crippen molar-refractivity contribution < 1.29 is 18.3 Å². The van der Waals surface area contributed by atoms with Gasteiger partial charge in [0.05, 0.1) is 25.5 Å². The molecule has 0 spiro atoms. The van der Waals surface area contributed by atoms with E-state index in [0.717, 1.165) is 30.8 Å². The van der Waals surface area contributed by atoms with Crippen LogP contribution in [0, 0.1) is 0 Å². The lowest BCUT2D eigenvalue weighted by atomic mass is 9.89. The fourth-order valence-corrected chi connectivity index (χ4v) is 4.55. The first kappa shape index (κ1) is 24.1. The molecule has 0 atom stereocenters. The Labute approximate surface area is 198 Å². The molecule has 2 aliphatic heterocycles. The Balaban J connectivity index is 1.68. The van der Waals surface area contributed by atoms with Gasteiger partial charge in [-0.3, -0.25) is 4.79 Å². The van der Waals surface area contributed by atoms with Gasteiger partial charge in [-0.2, -0.15) is 13.8 Å². The number of hydrogen-bond acceptors (Lipinski definition) is 7. The van der Waals surface area contributed by atoms with Crippen LogP contribution in [0.15, 0.2) is 24.4 Å². The minimum Gasteiger partial charge on any atom is -0.495 e. The number of ether oxygens (including phenoxy) is 1. The van der Waals surface area contributed by atoms with Crippen LogP contribution in [0.4, 0.5) is 31.9 Å². The van der Waals surface area contributed by atoms with Gasteiger partial charge in [0.15, 0.2) is 5.82 Å². The van der Waals surface area contributed by atoms with Crippen LogP contribution in [0.25, 0.3) is 0 Å².